The van der Waals surface area contributed by atoms with Gasteiger partial charge >= 0.3 is 13.8 Å². The predicted octanol–water partition coefficient (Wildman–Crippen LogP) is 2.75. The van der Waals surface area contributed by atoms with Gasteiger partial charge in [0.1, 0.15) is 5.75 Å². The summed E-state index contributed by atoms with van der Waals surface area (Å²) >= 11 is -1.68. The summed E-state index contributed by atoms with van der Waals surface area (Å²) in [5.41, 5.74) is 0.149. The van der Waals surface area contributed by atoms with Crippen molar-refractivity contribution in [3.63, 3.8) is 0 Å². The molecule has 1 aromatic rings. The highest BCUT2D eigenvalue weighted by Crippen LogP contribution is 2.50. The molecule has 1 rings (SSSR count). The van der Waals surface area contributed by atoms with Crippen molar-refractivity contribution in [1.29, 1.82) is 0 Å². The lowest BCUT2D eigenvalue weighted by atomic mass is 10.1. The first-order valence-corrected chi connectivity index (χ1v) is 9.65. The molecule has 124 valence electrons. The summed E-state index contributed by atoms with van der Waals surface area (Å²) in [7, 11) is -3.86. The van der Waals surface area contributed by atoms with Crippen LogP contribution in [0.5, 0.6) is 5.75 Å². The van der Waals surface area contributed by atoms with E-state index >= 15 is 0 Å². The zero-order chi connectivity index (χ0) is 16.8. The first kappa shape index (κ1) is 19.0. The number of benzene rings is 1. The number of phosphoric ester groups is 1. The number of carboxylic acids is 1. The fourth-order valence-electron chi connectivity index (χ4n) is 1.76. The highest BCUT2D eigenvalue weighted by atomic mass is 32.2. The van der Waals surface area contributed by atoms with E-state index < -0.39 is 30.2 Å². The van der Waals surface area contributed by atoms with Crippen LogP contribution < -0.4 is 4.52 Å². The van der Waals surface area contributed by atoms with Gasteiger partial charge in [0, 0.05) is 0 Å². The van der Waals surface area contributed by atoms with Crippen molar-refractivity contribution in [2.24, 2.45) is 0 Å². The van der Waals surface area contributed by atoms with E-state index in [0.29, 0.717) is 0 Å². The Kier molecular flexibility index (Phi) is 7.38. The SMILES string of the molecule is CCOP(=O)(OCC)Oc1ccccc1C(C(=O)O)[S+](C)[O-]. The van der Waals surface area contributed by atoms with Crippen molar-refractivity contribution in [2.75, 3.05) is 19.5 Å². The third-order valence-corrected chi connectivity index (χ3v) is 5.23. The largest absolute Gasteiger partial charge is 0.616 e. The molecule has 0 aliphatic heterocycles. The average Bonchev–Trinajstić information content (AvgIpc) is 2.40. The average molecular weight is 350 g/mol. The molecular formula is C13H19O7PS. The lowest BCUT2D eigenvalue weighted by Gasteiger charge is -2.21. The second kappa shape index (κ2) is 8.55. The number of rotatable bonds is 9. The molecule has 0 radical (unpaired) electrons. The second-order valence-electron chi connectivity index (χ2n) is 4.13. The standard InChI is InChI=1S/C13H19O7PS/c1-4-18-21(16,19-5-2)20-11-9-7-6-8-10(11)12(13(14)15)22(3)17/h6-9,12H,4-5H2,1-3H3,(H,14,15). The quantitative estimate of drug-likeness (QED) is 0.539. The summed E-state index contributed by atoms with van der Waals surface area (Å²) < 4.78 is 39.4. The number of phosphoric acid groups is 1. The number of para-hydroxylation sites is 1. The van der Waals surface area contributed by atoms with Crippen LogP contribution in [0.1, 0.15) is 24.7 Å². The minimum absolute atomic E-state index is 0.00957. The van der Waals surface area contributed by atoms with Crippen LogP contribution in [0.2, 0.25) is 0 Å². The maximum atomic E-state index is 12.4. The number of aliphatic carboxylic acids is 1. The van der Waals surface area contributed by atoms with Gasteiger partial charge in [0.15, 0.2) is 0 Å². The molecule has 0 aromatic heterocycles. The van der Waals surface area contributed by atoms with E-state index in [0.717, 1.165) is 0 Å². The van der Waals surface area contributed by atoms with Gasteiger partial charge in [-0.25, -0.2) is 9.36 Å². The van der Waals surface area contributed by atoms with E-state index in [2.05, 4.69) is 0 Å². The minimum atomic E-state index is -3.86. The van der Waals surface area contributed by atoms with Crippen LogP contribution in [0.25, 0.3) is 0 Å². The maximum absolute atomic E-state index is 12.4. The Hall–Kier alpha value is -1.05. The van der Waals surface area contributed by atoms with Crippen LogP contribution >= 0.6 is 7.82 Å². The molecule has 0 bridgehead atoms. The van der Waals surface area contributed by atoms with Crippen LogP contribution in [0.3, 0.4) is 0 Å². The van der Waals surface area contributed by atoms with Crippen molar-refractivity contribution >= 4 is 25.0 Å². The van der Waals surface area contributed by atoms with Crippen LogP contribution in [0.4, 0.5) is 0 Å². The van der Waals surface area contributed by atoms with Crippen molar-refractivity contribution in [1.82, 2.24) is 0 Å². The van der Waals surface area contributed by atoms with Crippen molar-refractivity contribution in [3.8, 4) is 5.75 Å². The van der Waals surface area contributed by atoms with Gasteiger partial charge in [0.2, 0.25) is 5.25 Å². The normalized spacial score (nSPS) is 14.4. The number of carboxylic acid groups (broad SMARTS) is 1. The molecule has 0 spiro atoms. The molecule has 0 saturated heterocycles. The van der Waals surface area contributed by atoms with E-state index in [1.165, 1.54) is 18.4 Å². The predicted molar refractivity (Wildman–Crippen MR) is 82.4 cm³/mol. The van der Waals surface area contributed by atoms with Crippen molar-refractivity contribution in [3.05, 3.63) is 29.8 Å². The molecule has 2 atom stereocenters. The van der Waals surface area contributed by atoms with E-state index in [9.17, 15) is 19.0 Å². The monoisotopic (exact) mass is 350 g/mol. The van der Waals surface area contributed by atoms with Gasteiger partial charge in [-0.05, 0) is 37.2 Å². The van der Waals surface area contributed by atoms with E-state index in [-0.39, 0.29) is 24.5 Å². The molecular weight excluding hydrogens is 331 g/mol. The highest BCUT2D eigenvalue weighted by molar-refractivity contribution is 7.91. The van der Waals surface area contributed by atoms with Gasteiger partial charge < -0.3 is 14.2 Å². The van der Waals surface area contributed by atoms with Crippen LogP contribution in [-0.2, 0) is 29.6 Å². The minimum Gasteiger partial charge on any atom is -0.616 e. The van der Waals surface area contributed by atoms with E-state index in [4.69, 9.17) is 13.6 Å². The molecule has 1 aromatic carbocycles. The topological polar surface area (TPSA) is 105 Å². The molecule has 9 heteroatoms. The van der Waals surface area contributed by atoms with Gasteiger partial charge in [-0.2, -0.15) is 0 Å². The number of carbonyl (C=O) groups is 1. The van der Waals surface area contributed by atoms with E-state index in [1.54, 1.807) is 26.0 Å². The Morgan fingerprint density at radius 2 is 1.86 bits per heavy atom. The van der Waals surface area contributed by atoms with Crippen molar-refractivity contribution in [2.45, 2.75) is 19.1 Å². The first-order valence-electron chi connectivity index (χ1n) is 6.57. The Morgan fingerprint density at radius 3 is 2.32 bits per heavy atom. The van der Waals surface area contributed by atoms with Gasteiger partial charge in [0.25, 0.3) is 0 Å². The fraction of sp³-hybridized carbons (Fsp3) is 0.462. The summed E-state index contributed by atoms with van der Waals surface area (Å²) in [6.07, 6.45) is 1.28. The summed E-state index contributed by atoms with van der Waals surface area (Å²) in [6.45, 7) is 3.45. The maximum Gasteiger partial charge on any atom is 0.530 e. The highest BCUT2D eigenvalue weighted by Gasteiger charge is 2.35. The van der Waals surface area contributed by atoms with Crippen LogP contribution in [0.15, 0.2) is 24.3 Å². The molecule has 1 N–H and O–H groups in total. The smallest absolute Gasteiger partial charge is 0.530 e. The number of hydrogen-bond acceptors (Lipinski definition) is 6. The molecule has 0 saturated carbocycles. The Morgan fingerprint density at radius 1 is 1.32 bits per heavy atom. The fourth-order valence-corrected chi connectivity index (χ4v) is 3.82. The second-order valence-corrected chi connectivity index (χ2v) is 7.19. The summed E-state index contributed by atoms with van der Waals surface area (Å²) in [5, 5.41) is 7.95. The van der Waals surface area contributed by atoms with Gasteiger partial charge in [0.05, 0.1) is 25.0 Å². The molecule has 0 heterocycles. The van der Waals surface area contributed by atoms with Gasteiger partial charge in [-0.15, -0.1) is 0 Å². The molecule has 0 amide bonds. The third kappa shape index (κ3) is 5.00. The molecule has 7 nitrogen and oxygen atoms in total. The lowest BCUT2D eigenvalue weighted by Crippen LogP contribution is -2.21. The molecule has 0 aliphatic carbocycles. The van der Waals surface area contributed by atoms with Gasteiger partial charge in [-0.1, -0.05) is 12.1 Å². The van der Waals surface area contributed by atoms with Crippen LogP contribution in [-0.4, -0.2) is 35.1 Å². The van der Waals surface area contributed by atoms with E-state index in [1.807, 2.05) is 0 Å². The van der Waals surface area contributed by atoms with Crippen molar-refractivity contribution < 1.29 is 32.6 Å². The Balaban J connectivity index is 3.20. The third-order valence-electron chi connectivity index (χ3n) is 2.54. The Labute approximate surface area is 132 Å². The molecule has 2 unspecified atom stereocenters. The molecule has 0 fully saturated rings. The summed E-state index contributed by atoms with van der Waals surface area (Å²) in [4.78, 5) is 11.3. The molecule has 0 aliphatic rings. The lowest BCUT2D eigenvalue weighted by molar-refractivity contribution is -0.136. The van der Waals surface area contributed by atoms with Crippen LogP contribution in [0, 0.1) is 0 Å². The Bertz CT molecular complexity index is 539. The summed E-state index contributed by atoms with van der Waals surface area (Å²) in [6, 6.07) is 6.05. The zero-order valence-corrected chi connectivity index (χ0v) is 14.3. The number of hydrogen-bond donors (Lipinski definition) is 1. The molecule has 22 heavy (non-hydrogen) atoms. The van der Waals surface area contributed by atoms with Gasteiger partial charge in [-0.3, -0.25) is 9.05 Å². The zero-order valence-electron chi connectivity index (χ0n) is 12.6. The first-order chi connectivity index (χ1) is 10.3. The summed E-state index contributed by atoms with van der Waals surface area (Å²) in [5.74, 6) is -1.25.